The van der Waals surface area contributed by atoms with Gasteiger partial charge >= 0.3 is 5.97 Å². The van der Waals surface area contributed by atoms with Crippen molar-refractivity contribution in [2.24, 2.45) is 0 Å². The van der Waals surface area contributed by atoms with E-state index < -0.39 is 5.97 Å². The lowest BCUT2D eigenvalue weighted by Gasteiger charge is -2.07. The third-order valence-corrected chi connectivity index (χ3v) is 4.67. The molecule has 2 aromatic heterocycles. The highest BCUT2D eigenvalue weighted by atomic mass is 32.1. The van der Waals surface area contributed by atoms with E-state index in [1.165, 1.54) is 10.4 Å². The van der Waals surface area contributed by atoms with Crippen molar-refractivity contribution in [1.82, 2.24) is 9.55 Å². The number of para-hydroxylation sites is 1. The molecule has 1 N–H and O–H groups in total. The number of aromatic carboxylic acids is 1. The van der Waals surface area contributed by atoms with E-state index in [2.05, 4.69) is 27.9 Å². The average molecular weight is 300 g/mol. The summed E-state index contributed by atoms with van der Waals surface area (Å²) in [7, 11) is 0. The number of imidazole rings is 1. The summed E-state index contributed by atoms with van der Waals surface area (Å²) < 4.78 is 2.09. The van der Waals surface area contributed by atoms with Crippen molar-refractivity contribution in [2.75, 3.05) is 0 Å². The Bertz CT molecular complexity index is 817. The third kappa shape index (κ3) is 2.34. The van der Waals surface area contributed by atoms with E-state index in [1.807, 2.05) is 13.0 Å². The van der Waals surface area contributed by atoms with E-state index in [4.69, 9.17) is 0 Å². The van der Waals surface area contributed by atoms with Crippen LogP contribution in [0.3, 0.4) is 0 Å². The fourth-order valence-corrected chi connectivity index (χ4v) is 3.56. The van der Waals surface area contributed by atoms with Crippen LogP contribution >= 0.6 is 11.3 Å². The molecule has 1 aromatic carbocycles. The van der Waals surface area contributed by atoms with E-state index in [0.29, 0.717) is 5.52 Å². The molecular weight excluding hydrogens is 284 g/mol. The molecule has 3 aromatic rings. The number of thiophene rings is 1. The number of fused-ring (bicyclic) bond motifs is 1. The molecule has 0 saturated heterocycles. The minimum Gasteiger partial charge on any atom is -0.478 e. The molecule has 0 aliphatic carbocycles. The van der Waals surface area contributed by atoms with Crippen LogP contribution in [0, 0.1) is 6.92 Å². The zero-order valence-corrected chi connectivity index (χ0v) is 12.8. The highest BCUT2D eigenvalue weighted by Crippen LogP contribution is 2.24. The minimum absolute atomic E-state index is 0.260. The average Bonchev–Trinajstić information content (AvgIpc) is 3.03. The molecule has 0 aliphatic heterocycles. The Kier molecular flexibility index (Phi) is 3.51. The number of carboxylic acid groups (broad SMARTS) is 1. The maximum absolute atomic E-state index is 11.3. The lowest BCUT2D eigenvalue weighted by molar-refractivity contribution is 0.0699. The maximum atomic E-state index is 11.3. The summed E-state index contributed by atoms with van der Waals surface area (Å²) in [5, 5.41) is 11.4. The molecule has 21 heavy (non-hydrogen) atoms. The Hall–Kier alpha value is -2.14. The molecule has 0 unspecified atom stereocenters. The van der Waals surface area contributed by atoms with Crippen molar-refractivity contribution in [3.8, 4) is 0 Å². The molecule has 5 heteroatoms. The van der Waals surface area contributed by atoms with Crippen molar-refractivity contribution in [3.05, 3.63) is 51.5 Å². The van der Waals surface area contributed by atoms with Gasteiger partial charge in [0.05, 0.1) is 17.6 Å². The largest absolute Gasteiger partial charge is 0.478 e. The molecule has 0 fully saturated rings. The third-order valence-electron chi connectivity index (χ3n) is 3.72. The van der Waals surface area contributed by atoms with Gasteiger partial charge in [0.1, 0.15) is 11.3 Å². The molecule has 0 spiro atoms. The molecule has 0 radical (unpaired) electrons. The van der Waals surface area contributed by atoms with E-state index >= 15 is 0 Å². The van der Waals surface area contributed by atoms with Crippen LogP contribution in [0.5, 0.6) is 0 Å². The van der Waals surface area contributed by atoms with Gasteiger partial charge in [-0.3, -0.25) is 0 Å². The molecule has 0 atom stereocenters. The summed E-state index contributed by atoms with van der Waals surface area (Å²) in [6.45, 7) is 4.81. The number of benzene rings is 1. The van der Waals surface area contributed by atoms with Crippen molar-refractivity contribution in [3.63, 3.8) is 0 Å². The maximum Gasteiger partial charge on any atom is 0.337 e. The first-order valence-electron chi connectivity index (χ1n) is 6.86. The number of aryl methyl sites for hydroxylation is 2. The first-order chi connectivity index (χ1) is 10.1. The second-order valence-corrected chi connectivity index (χ2v) is 5.95. The summed E-state index contributed by atoms with van der Waals surface area (Å²) in [6, 6.07) is 7.46. The summed E-state index contributed by atoms with van der Waals surface area (Å²) in [5.41, 5.74) is 3.05. The minimum atomic E-state index is -0.935. The lowest BCUT2D eigenvalue weighted by Crippen LogP contribution is -2.02. The van der Waals surface area contributed by atoms with Gasteiger partial charge in [-0.1, -0.05) is 13.0 Å². The van der Waals surface area contributed by atoms with Gasteiger partial charge in [0.2, 0.25) is 0 Å². The van der Waals surface area contributed by atoms with Crippen molar-refractivity contribution < 1.29 is 9.90 Å². The quantitative estimate of drug-likeness (QED) is 0.799. The van der Waals surface area contributed by atoms with Crippen LogP contribution in [0.25, 0.3) is 11.0 Å². The second kappa shape index (κ2) is 5.33. The Morgan fingerprint density at radius 1 is 1.38 bits per heavy atom. The van der Waals surface area contributed by atoms with Crippen LogP contribution in [0.15, 0.2) is 29.6 Å². The predicted molar refractivity (Wildman–Crippen MR) is 84.2 cm³/mol. The molecule has 3 rings (SSSR count). The Balaban J connectivity index is 2.13. The molecule has 0 bridgehead atoms. The Morgan fingerprint density at radius 3 is 2.90 bits per heavy atom. The summed E-state index contributed by atoms with van der Waals surface area (Å²) in [5.74, 6) is -0.0928. The first-order valence-corrected chi connectivity index (χ1v) is 7.74. The van der Waals surface area contributed by atoms with Gasteiger partial charge in [-0.05, 0) is 42.5 Å². The van der Waals surface area contributed by atoms with Gasteiger partial charge in [-0.15, -0.1) is 11.3 Å². The molecule has 0 amide bonds. The standard InChI is InChI=1S/C16H16N2O2S/c1-3-11-7-8-21-14(11)9-18-10(2)17-15-12(16(19)20)5-4-6-13(15)18/h4-8H,3,9H2,1-2H3,(H,19,20). The van der Waals surface area contributed by atoms with Crippen molar-refractivity contribution in [2.45, 2.75) is 26.8 Å². The van der Waals surface area contributed by atoms with Crippen LogP contribution in [-0.2, 0) is 13.0 Å². The van der Waals surface area contributed by atoms with Gasteiger partial charge in [0.15, 0.2) is 0 Å². The van der Waals surface area contributed by atoms with E-state index in [1.54, 1.807) is 23.5 Å². The van der Waals surface area contributed by atoms with Gasteiger partial charge in [-0.25, -0.2) is 9.78 Å². The zero-order chi connectivity index (χ0) is 15.0. The normalized spacial score (nSPS) is 11.1. The van der Waals surface area contributed by atoms with Gasteiger partial charge in [0.25, 0.3) is 0 Å². The molecule has 2 heterocycles. The van der Waals surface area contributed by atoms with Crippen molar-refractivity contribution in [1.29, 1.82) is 0 Å². The number of aromatic nitrogens is 2. The van der Waals surface area contributed by atoms with Crippen molar-refractivity contribution >= 4 is 28.3 Å². The van der Waals surface area contributed by atoms with E-state index in [9.17, 15) is 9.90 Å². The Morgan fingerprint density at radius 2 is 2.19 bits per heavy atom. The molecular formula is C16H16N2O2S. The number of rotatable bonds is 4. The first kappa shape index (κ1) is 13.8. The summed E-state index contributed by atoms with van der Waals surface area (Å²) in [6.07, 6.45) is 1.00. The van der Waals surface area contributed by atoms with Crippen LogP contribution in [0.2, 0.25) is 0 Å². The van der Waals surface area contributed by atoms with E-state index in [0.717, 1.165) is 24.3 Å². The number of carboxylic acids is 1. The van der Waals surface area contributed by atoms with Crippen LogP contribution < -0.4 is 0 Å². The fraction of sp³-hybridized carbons (Fsp3) is 0.250. The predicted octanol–water partition coefficient (Wildman–Crippen LogP) is 3.72. The number of hydrogen-bond acceptors (Lipinski definition) is 3. The Labute approximate surface area is 126 Å². The summed E-state index contributed by atoms with van der Waals surface area (Å²) in [4.78, 5) is 17.1. The molecule has 108 valence electrons. The second-order valence-electron chi connectivity index (χ2n) is 4.95. The molecule has 4 nitrogen and oxygen atoms in total. The van der Waals surface area contributed by atoms with Gasteiger partial charge in [0, 0.05) is 4.88 Å². The highest BCUT2D eigenvalue weighted by molar-refractivity contribution is 7.10. The topological polar surface area (TPSA) is 55.1 Å². The monoisotopic (exact) mass is 300 g/mol. The smallest absolute Gasteiger partial charge is 0.337 e. The van der Waals surface area contributed by atoms with Gasteiger partial charge < -0.3 is 9.67 Å². The van der Waals surface area contributed by atoms with Crippen LogP contribution in [0.4, 0.5) is 0 Å². The lowest BCUT2D eigenvalue weighted by atomic mass is 10.2. The van der Waals surface area contributed by atoms with Crippen LogP contribution in [0.1, 0.15) is 33.5 Å². The molecule has 0 aliphatic rings. The highest BCUT2D eigenvalue weighted by Gasteiger charge is 2.16. The number of hydrogen-bond donors (Lipinski definition) is 1. The number of carbonyl (C=O) groups is 1. The number of nitrogens with zero attached hydrogens (tertiary/aromatic N) is 2. The van der Waals surface area contributed by atoms with Gasteiger partial charge in [-0.2, -0.15) is 0 Å². The SMILES string of the molecule is CCc1ccsc1Cn1c(C)nc2c(C(=O)O)cccc21. The summed E-state index contributed by atoms with van der Waals surface area (Å²) >= 11 is 1.74. The van der Waals surface area contributed by atoms with Crippen LogP contribution in [-0.4, -0.2) is 20.6 Å². The zero-order valence-electron chi connectivity index (χ0n) is 12.0. The fourth-order valence-electron chi connectivity index (χ4n) is 2.60. The molecule has 0 saturated carbocycles. The van der Waals surface area contributed by atoms with E-state index in [-0.39, 0.29) is 5.56 Å².